The molecule has 1 amide bonds. The highest BCUT2D eigenvalue weighted by molar-refractivity contribution is 6.33. The fraction of sp³-hybridized carbons (Fsp3) is 0.368. The van der Waals surface area contributed by atoms with Gasteiger partial charge in [-0.15, -0.1) is 0 Å². The Labute approximate surface area is 153 Å². The molecule has 1 aliphatic rings. The van der Waals surface area contributed by atoms with Gasteiger partial charge in [0.05, 0.1) is 17.1 Å². The van der Waals surface area contributed by atoms with Crippen LogP contribution in [0.2, 0.25) is 5.02 Å². The van der Waals surface area contributed by atoms with E-state index in [0.717, 1.165) is 31.7 Å². The lowest BCUT2D eigenvalue weighted by atomic mass is 10.1. The van der Waals surface area contributed by atoms with Gasteiger partial charge < -0.3 is 15.0 Å². The summed E-state index contributed by atoms with van der Waals surface area (Å²) in [7, 11) is 0. The molecule has 0 aliphatic carbocycles. The van der Waals surface area contributed by atoms with Crippen LogP contribution in [0.1, 0.15) is 29.6 Å². The van der Waals surface area contributed by atoms with Gasteiger partial charge in [-0.3, -0.25) is 4.79 Å². The molecule has 25 heavy (non-hydrogen) atoms. The van der Waals surface area contributed by atoms with E-state index in [-0.39, 0.29) is 5.91 Å². The molecule has 0 spiro atoms. The first-order valence-corrected chi connectivity index (χ1v) is 8.98. The van der Waals surface area contributed by atoms with E-state index in [1.807, 2.05) is 35.2 Å². The predicted molar refractivity (Wildman–Crippen MR) is 99.4 cm³/mol. The average molecular weight is 360 g/mol. The van der Waals surface area contributed by atoms with E-state index in [2.05, 4.69) is 10.3 Å². The molecule has 6 heteroatoms. The fourth-order valence-corrected chi connectivity index (χ4v) is 3.05. The highest BCUT2D eigenvalue weighted by Gasteiger charge is 2.19. The second-order valence-electron chi connectivity index (χ2n) is 6.00. The minimum absolute atomic E-state index is 0.00746. The van der Waals surface area contributed by atoms with Gasteiger partial charge >= 0.3 is 0 Å². The van der Waals surface area contributed by atoms with E-state index in [0.29, 0.717) is 29.6 Å². The molecule has 1 aromatic carbocycles. The Hall–Kier alpha value is -2.27. The number of nitrogens with zero attached hydrogens (tertiary/aromatic N) is 2. The first kappa shape index (κ1) is 17.5. The third kappa shape index (κ3) is 4.86. The lowest BCUT2D eigenvalue weighted by Crippen LogP contribution is -2.35. The number of rotatable bonds is 6. The van der Waals surface area contributed by atoms with Gasteiger partial charge in [-0.2, -0.15) is 0 Å². The Kier molecular flexibility index (Phi) is 6.12. The van der Waals surface area contributed by atoms with Crippen molar-refractivity contribution >= 4 is 23.3 Å². The summed E-state index contributed by atoms with van der Waals surface area (Å²) in [6, 6.07) is 11.3. The second-order valence-corrected chi connectivity index (χ2v) is 6.40. The minimum atomic E-state index is 0.00746. The molecule has 2 aromatic rings. The van der Waals surface area contributed by atoms with Crippen LogP contribution in [0.25, 0.3) is 0 Å². The Bertz CT molecular complexity index is 703. The fourth-order valence-electron chi connectivity index (χ4n) is 2.82. The number of pyridine rings is 1. The van der Waals surface area contributed by atoms with Crippen molar-refractivity contribution in [1.29, 1.82) is 0 Å². The second kappa shape index (κ2) is 8.72. The average Bonchev–Trinajstić information content (AvgIpc) is 2.67. The van der Waals surface area contributed by atoms with Crippen LogP contribution in [-0.2, 0) is 0 Å². The summed E-state index contributed by atoms with van der Waals surface area (Å²) in [6.45, 7) is 2.69. The highest BCUT2D eigenvalue weighted by atomic mass is 35.5. The molecular weight excluding hydrogens is 338 g/mol. The quantitative estimate of drug-likeness (QED) is 0.796. The molecule has 0 atom stereocenters. The van der Waals surface area contributed by atoms with Crippen molar-refractivity contribution in [2.75, 3.05) is 31.6 Å². The Morgan fingerprint density at radius 3 is 2.68 bits per heavy atom. The number of ether oxygens (including phenoxy) is 1. The van der Waals surface area contributed by atoms with Crippen LogP contribution in [-0.4, -0.2) is 42.0 Å². The summed E-state index contributed by atoms with van der Waals surface area (Å²) in [5.74, 6) is 1.40. The number of likely N-dealkylation sites (tertiary alicyclic amines) is 1. The molecule has 0 radical (unpaired) electrons. The molecule has 5 nitrogen and oxygen atoms in total. The summed E-state index contributed by atoms with van der Waals surface area (Å²) in [6.07, 6.45) is 4.90. The first-order valence-electron chi connectivity index (χ1n) is 8.60. The van der Waals surface area contributed by atoms with Crippen molar-refractivity contribution in [2.45, 2.75) is 19.3 Å². The minimum Gasteiger partial charge on any atom is -0.492 e. The number of carbonyl (C=O) groups is 1. The number of anilines is 1. The molecule has 1 fully saturated rings. The number of hydrogen-bond donors (Lipinski definition) is 1. The monoisotopic (exact) mass is 359 g/mol. The van der Waals surface area contributed by atoms with Crippen LogP contribution in [0.4, 0.5) is 5.82 Å². The standard InChI is InChI=1S/C19H22ClN3O2/c20-17-13-15(19(24)23-10-5-2-6-11-23)14-22-18(17)21-9-12-25-16-7-3-1-4-8-16/h1,3-4,7-8,13-14H,2,5-6,9-12H2,(H,21,22). The molecule has 0 unspecified atom stereocenters. The maximum atomic E-state index is 12.5. The Balaban J connectivity index is 1.52. The normalized spacial score (nSPS) is 14.2. The SMILES string of the molecule is O=C(c1cnc(NCCOc2ccccc2)c(Cl)c1)N1CCCCC1. The van der Waals surface area contributed by atoms with Crippen LogP contribution in [0.5, 0.6) is 5.75 Å². The van der Waals surface area contributed by atoms with Gasteiger partial charge in [-0.25, -0.2) is 4.98 Å². The molecular formula is C19H22ClN3O2. The molecule has 3 rings (SSSR count). The number of para-hydroxylation sites is 1. The lowest BCUT2D eigenvalue weighted by Gasteiger charge is -2.26. The number of benzene rings is 1. The third-order valence-electron chi connectivity index (χ3n) is 4.14. The topological polar surface area (TPSA) is 54.5 Å². The zero-order chi connectivity index (χ0) is 17.5. The van der Waals surface area contributed by atoms with E-state index in [1.54, 1.807) is 12.3 Å². The summed E-state index contributed by atoms with van der Waals surface area (Å²) in [5, 5.41) is 3.58. The third-order valence-corrected chi connectivity index (χ3v) is 4.43. The van der Waals surface area contributed by atoms with Crippen molar-refractivity contribution < 1.29 is 9.53 Å². The van der Waals surface area contributed by atoms with Gasteiger partial charge in [-0.1, -0.05) is 29.8 Å². The van der Waals surface area contributed by atoms with Crippen LogP contribution in [0, 0.1) is 0 Å². The lowest BCUT2D eigenvalue weighted by molar-refractivity contribution is 0.0724. The number of carbonyl (C=O) groups excluding carboxylic acids is 1. The van der Waals surface area contributed by atoms with Gasteiger partial charge in [-0.05, 0) is 37.5 Å². The van der Waals surface area contributed by atoms with Crippen molar-refractivity contribution in [3.8, 4) is 5.75 Å². The predicted octanol–water partition coefficient (Wildman–Crippen LogP) is 3.85. The number of aromatic nitrogens is 1. The van der Waals surface area contributed by atoms with Crippen molar-refractivity contribution in [3.63, 3.8) is 0 Å². The van der Waals surface area contributed by atoms with E-state index in [1.165, 1.54) is 6.42 Å². The van der Waals surface area contributed by atoms with E-state index in [4.69, 9.17) is 16.3 Å². The number of piperidine rings is 1. The maximum Gasteiger partial charge on any atom is 0.255 e. The number of hydrogen-bond acceptors (Lipinski definition) is 4. The maximum absolute atomic E-state index is 12.5. The summed E-state index contributed by atoms with van der Waals surface area (Å²) in [5.41, 5.74) is 0.540. The van der Waals surface area contributed by atoms with E-state index in [9.17, 15) is 4.79 Å². The molecule has 132 valence electrons. The van der Waals surface area contributed by atoms with E-state index >= 15 is 0 Å². The molecule has 1 N–H and O–H groups in total. The largest absolute Gasteiger partial charge is 0.492 e. The van der Waals surface area contributed by atoms with Gasteiger partial charge in [0.25, 0.3) is 5.91 Å². The van der Waals surface area contributed by atoms with Crippen LogP contribution >= 0.6 is 11.6 Å². The van der Waals surface area contributed by atoms with E-state index < -0.39 is 0 Å². The van der Waals surface area contributed by atoms with Gasteiger partial charge in [0, 0.05) is 19.3 Å². The Morgan fingerprint density at radius 1 is 1.20 bits per heavy atom. The molecule has 2 heterocycles. The number of halogens is 1. The van der Waals surface area contributed by atoms with Crippen LogP contribution < -0.4 is 10.1 Å². The highest BCUT2D eigenvalue weighted by Crippen LogP contribution is 2.22. The van der Waals surface area contributed by atoms with Crippen LogP contribution in [0.15, 0.2) is 42.6 Å². The summed E-state index contributed by atoms with van der Waals surface area (Å²) >= 11 is 6.27. The first-order chi connectivity index (χ1) is 12.2. The number of amides is 1. The van der Waals surface area contributed by atoms with Gasteiger partial charge in [0.15, 0.2) is 0 Å². The summed E-state index contributed by atoms with van der Waals surface area (Å²) in [4.78, 5) is 18.6. The van der Waals surface area contributed by atoms with Crippen molar-refractivity contribution in [2.24, 2.45) is 0 Å². The zero-order valence-corrected chi connectivity index (χ0v) is 14.8. The van der Waals surface area contributed by atoms with Gasteiger partial charge in [0.2, 0.25) is 0 Å². The molecule has 0 bridgehead atoms. The molecule has 0 saturated carbocycles. The van der Waals surface area contributed by atoms with Crippen molar-refractivity contribution in [3.05, 3.63) is 53.2 Å². The van der Waals surface area contributed by atoms with Crippen molar-refractivity contribution in [1.82, 2.24) is 9.88 Å². The molecule has 1 saturated heterocycles. The van der Waals surface area contributed by atoms with Gasteiger partial charge in [0.1, 0.15) is 18.2 Å². The Morgan fingerprint density at radius 2 is 1.96 bits per heavy atom. The van der Waals surface area contributed by atoms with Crippen LogP contribution in [0.3, 0.4) is 0 Å². The smallest absolute Gasteiger partial charge is 0.255 e. The molecule has 1 aliphatic heterocycles. The molecule has 1 aromatic heterocycles. The zero-order valence-electron chi connectivity index (χ0n) is 14.1. The summed E-state index contributed by atoms with van der Waals surface area (Å²) < 4.78 is 5.61. The number of nitrogens with one attached hydrogen (secondary N) is 1.